The molecule has 3 aromatic heterocycles. The second-order valence-corrected chi connectivity index (χ2v) is 9.47. The van der Waals surface area contributed by atoms with E-state index in [2.05, 4.69) is 15.7 Å². The quantitative estimate of drug-likeness (QED) is 0.399. The van der Waals surface area contributed by atoms with Crippen molar-refractivity contribution in [2.75, 3.05) is 11.9 Å². The summed E-state index contributed by atoms with van der Waals surface area (Å²) in [5, 5.41) is 13.9. The molecule has 10 heteroatoms. The van der Waals surface area contributed by atoms with Crippen LogP contribution in [0.3, 0.4) is 0 Å². The highest BCUT2D eigenvalue weighted by molar-refractivity contribution is 7.17. The zero-order valence-corrected chi connectivity index (χ0v) is 19.9. The van der Waals surface area contributed by atoms with Crippen LogP contribution >= 0.6 is 22.7 Å². The molecule has 33 heavy (non-hydrogen) atoms. The van der Waals surface area contributed by atoms with Gasteiger partial charge in [-0.3, -0.25) is 9.59 Å². The number of carbonyl (C=O) groups excluding carboxylic acids is 3. The van der Waals surface area contributed by atoms with Crippen molar-refractivity contribution in [2.45, 2.75) is 26.3 Å². The summed E-state index contributed by atoms with van der Waals surface area (Å²) in [6.07, 6.45) is -0.683. The molecule has 0 aliphatic carbocycles. The average Bonchev–Trinajstić information content (AvgIpc) is 3.53. The third-order valence-electron chi connectivity index (χ3n) is 4.98. The molecule has 2 N–H and O–H groups in total. The Kier molecular flexibility index (Phi) is 6.30. The Morgan fingerprint density at radius 2 is 1.82 bits per heavy atom. The lowest BCUT2D eigenvalue weighted by Crippen LogP contribution is -2.40. The van der Waals surface area contributed by atoms with Gasteiger partial charge in [0.25, 0.3) is 11.8 Å². The average molecular weight is 483 g/mol. The SMILES string of the molecule is CCOC(=O)n1nc(NC(=O)c2cccs2)c2c(C(=O)NC(C)(C)c3ccccc3)csc21. The number of thiophene rings is 2. The smallest absolute Gasteiger partial charge is 0.436 e. The topological polar surface area (TPSA) is 102 Å². The lowest BCUT2D eigenvalue weighted by atomic mass is 9.94. The Morgan fingerprint density at radius 1 is 1.06 bits per heavy atom. The fourth-order valence-electron chi connectivity index (χ4n) is 3.35. The van der Waals surface area contributed by atoms with E-state index in [9.17, 15) is 14.4 Å². The Morgan fingerprint density at radius 3 is 2.48 bits per heavy atom. The third-order valence-corrected chi connectivity index (χ3v) is 6.81. The van der Waals surface area contributed by atoms with Crippen molar-refractivity contribution in [3.8, 4) is 0 Å². The molecule has 0 bridgehead atoms. The number of benzene rings is 1. The molecule has 4 rings (SSSR count). The van der Waals surface area contributed by atoms with Crippen molar-refractivity contribution in [3.63, 3.8) is 0 Å². The summed E-state index contributed by atoms with van der Waals surface area (Å²) in [5.41, 5.74) is 0.610. The van der Waals surface area contributed by atoms with Crippen molar-refractivity contribution >= 4 is 56.6 Å². The number of anilines is 1. The van der Waals surface area contributed by atoms with E-state index in [1.807, 2.05) is 44.2 Å². The van der Waals surface area contributed by atoms with Gasteiger partial charge in [-0.25, -0.2) is 4.79 Å². The number of carbonyl (C=O) groups is 3. The van der Waals surface area contributed by atoms with Gasteiger partial charge in [0, 0.05) is 5.38 Å². The molecular formula is C23H22N4O4S2. The molecule has 0 aliphatic rings. The fourth-order valence-corrected chi connectivity index (χ4v) is 4.96. The van der Waals surface area contributed by atoms with E-state index in [4.69, 9.17) is 4.74 Å². The van der Waals surface area contributed by atoms with E-state index in [0.717, 1.165) is 10.2 Å². The molecule has 0 radical (unpaired) electrons. The number of ether oxygens (including phenoxy) is 1. The minimum atomic E-state index is -0.683. The number of amides is 2. The van der Waals surface area contributed by atoms with Gasteiger partial charge in [-0.15, -0.1) is 27.8 Å². The summed E-state index contributed by atoms with van der Waals surface area (Å²) in [5.74, 6) is -0.590. The Bertz CT molecular complexity index is 1310. The number of aromatic nitrogens is 2. The molecule has 0 aliphatic heterocycles. The van der Waals surface area contributed by atoms with Gasteiger partial charge < -0.3 is 15.4 Å². The minimum Gasteiger partial charge on any atom is -0.448 e. The first-order chi connectivity index (χ1) is 15.8. The summed E-state index contributed by atoms with van der Waals surface area (Å²) in [6, 6.07) is 13.1. The summed E-state index contributed by atoms with van der Waals surface area (Å²) in [4.78, 5) is 39.3. The first-order valence-electron chi connectivity index (χ1n) is 10.2. The van der Waals surface area contributed by atoms with Crippen LogP contribution in [0.4, 0.5) is 10.6 Å². The number of nitrogens with one attached hydrogen (secondary N) is 2. The van der Waals surface area contributed by atoms with Gasteiger partial charge in [-0.2, -0.15) is 4.68 Å². The first-order valence-corrected chi connectivity index (χ1v) is 12.0. The first kappa shape index (κ1) is 22.7. The zero-order chi connectivity index (χ0) is 23.6. The molecule has 0 spiro atoms. The summed E-state index contributed by atoms with van der Waals surface area (Å²) < 4.78 is 6.17. The molecule has 170 valence electrons. The molecule has 0 saturated heterocycles. The highest BCUT2D eigenvalue weighted by Crippen LogP contribution is 2.34. The monoisotopic (exact) mass is 482 g/mol. The van der Waals surface area contributed by atoms with Gasteiger partial charge in [-0.1, -0.05) is 36.4 Å². The molecule has 2 amide bonds. The van der Waals surface area contributed by atoms with Crippen LogP contribution in [-0.4, -0.2) is 34.3 Å². The second-order valence-electron chi connectivity index (χ2n) is 7.67. The second kappa shape index (κ2) is 9.16. The highest BCUT2D eigenvalue weighted by atomic mass is 32.1. The van der Waals surface area contributed by atoms with Crippen LogP contribution in [-0.2, 0) is 10.3 Å². The van der Waals surface area contributed by atoms with E-state index in [-0.39, 0.29) is 24.2 Å². The van der Waals surface area contributed by atoms with Crippen LogP contribution < -0.4 is 10.6 Å². The molecule has 1 aromatic carbocycles. The van der Waals surface area contributed by atoms with Crippen LogP contribution in [0.25, 0.3) is 10.2 Å². The zero-order valence-electron chi connectivity index (χ0n) is 18.2. The molecule has 8 nitrogen and oxygen atoms in total. The maximum absolute atomic E-state index is 13.3. The van der Waals surface area contributed by atoms with Crippen molar-refractivity contribution < 1.29 is 19.1 Å². The van der Waals surface area contributed by atoms with Crippen LogP contribution in [0.1, 0.15) is 46.4 Å². The number of rotatable bonds is 6. The van der Waals surface area contributed by atoms with E-state index in [1.54, 1.807) is 29.8 Å². The number of fused-ring (bicyclic) bond motifs is 1. The van der Waals surface area contributed by atoms with Crippen LogP contribution in [0, 0.1) is 0 Å². The van der Waals surface area contributed by atoms with E-state index in [0.29, 0.717) is 20.7 Å². The fraction of sp³-hybridized carbons (Fsp3) is 0.217. The maximum atomic E-state index is 13.3. The lowest BCUT2D eigenvalue weighted by Gasteiger charge is -2.26. The summed E-state index contributed by atoms with van der Waals surface area (Å²) in [7, 11) is 0. The van der Waals surface area contributed by atoms with Crippen LogP contribution in [0.5, 0.6) is 0 Å². The highest BCUT2D eigenvalue weighted by Gasteiger charge is 2.29. The standard InChI is InChI=1S/C23H22N4O4S2/c1-4-31-22(30)27-21-17(18(26-27)24-20(29)16-11-8-12-32-16)15(13-33-21)19(28)25-23(2,3)14-9-6-5-7-10-14/h5-13H,4H2,1-3H3,(H,25,28)(H,24,26,29). The van der Waals surface area contributed by atoms with Gasteiger partial charge in [0.05, 0.1) is 28.0 Å². The largest absolute Gasteiger partial charge is 0.448 e. The predicted molar refractivity (Wildman–Crippen MR) is 129 cm³/mol. The molecule has 3 heterocycles. The van der Waals surface area contributed by atoms with Crippen LogP contribution in [0.2, 0.25) is 0 Å². The molecular weight excluding hydrogens is 460 g/mol. The van der Waals surface area contributed by atoms with Crippen molar-refractivity contribution in [1.82, 2.24) is 15.1 Å². The molecule has 0 atom stereocenters. The maximum Gasteiger partial charge on any atom is 0.436 e. The van der Waals surface area contributed by atoms with Gasteiger partial charge in [-0.05, 0) is 37.8 Å². The van der Waals surface area contributed by atoms with E-state index >= 15 is 0 Å². The molecule has 4 aromatic rings. The van der Waals surface area contributed by atoms with Crippen LogP contribution in [0.15, 0.2) is 53.2 Å². The Balaban J connectivity index is 1.73. The van der Waals surface area contributed by atoms with E-state index < -0.39 is 11.6 Å². The third kappa shape index (κ3) is 4.53. The molecule has 0 unspecified atom stereocenters. The van der Waals surface area contributed by atoms with Crippen molar-refractivity contribution in [2.24, 2.45) is 0 Å². The van der Waals surface area contributed by atoms with Gasteiger partial charge in [0.2, 0.25) is 0 Å². The van der Waals surface area contributed by atoms with Crippen molar-refractivity contribution in [3.05, 3.63) is 69.2 Å². The molecule has 0 saturated carbocycles. The Hall–Kier alpha value is -3.50. The molecule has 0 fully saturated rings. The number of hydrogen-bond acceptors (Lipinski definition) is 7. The van der Waals surface area contributed by atoms with Crippen molar-refractivity contribution in [1.29, 1.82) is 0 Å². The van der Waals surface area contributed by atoms with Gasteiger partial charge in [0.1, 0.15) is 4.83 Å². The van der Waals surface area contributed by atoms with E-state index in [1.165, 1.54) is 22.7 Å². The number of hydrogen-bond donors (Lipinski definition) is 2. The lowest BCUT2D eigenvalue weighted by molar-refractivity contribution is 0.0913. The predicted octanol–water partition coefficient (Wildman–Crippen LogP) is 5.08. The normalized spacial score (nSPS) is 11.4. The van der Waals surface area contributed by atoms with Gasteiger partial charge >= 0.3 is 6.09 Å². The minimum absolute atomic E-state index is 0.125. The Labute approximate surface area is 198 Å². The van der Waals surface area contributed by atoms with Gasteiger partial charge in [0.15, 0.2) is 5.82 Å². The summed E-state index contributed by atoms with van der Waals surface area (Å²) >= 11 is 2.46. The number of nitrogens with zero attached hydrogens (tertiary/aromatic N) is 2. The summed E-state index contributed by atoms with van der Waals surface area (Å²) in [6.45, 7) is 5.68.